The highest BCUT2D eigenvalue weighted by Crippen LogP contribution is 2.29. The Bertz CT molecular complexity index is 82.3. The van der Waals surface area contributed by atoms with Crippen molar-refractivity contribution in [2.24, 2.45) is 0 Å². The Balaban J connectivity index is 0. The molecule has 76 valence electrons. The first kappa shape index (κ1) is 15.9. The van der Waals surface area contributed by atoms with E-state index in [-0.39, 0.29) is 0 Å². The zero-order chi connectivity index (χ0) is 10.2. The van der Waals surface area contributed by atoms with Crippen molar-refractivity contribution in [1.29, 1.82) is 0 Å². The van der Waals surface area contributed by atoms with Gasteiger partial charge in [0.05, 0.1) is 0 Å². The van der Waals surface area contributed by atoms with Crippen molar-refractivity contribution in [3.8, 4) is 0 Å². The van der Waals surface area contributed by atoms with Gasteiger partial charge in [-0.05, 0) is 12.8 Å². The van der Waals surface area contributed by atoms with E-state index in [4.69, 9.17) is 58.0 Å². The third-order valence-electron chi connectivity index (χ3n) is 1.04. The second kappa shape index (κ2) is 9.02. The van der Waals surface area contributed by atoms with Crippen LogP contribution in [-0.4, -0.2) is 8.63 Å². The van der Waals surface area contributed by atoms with Crippen molar-refractivity contribution in [1.82, 2.24) is 0 Å². The van der Waals surface area contributed by atoms with Crippen LogP contribution in [0.4, 0.5) is 0 Å². The first-order chi connectivity index (χ1) is 5.31. The number of hydrogen-bond donors (Lipinski definition) is 0. The lowest BCUT2D eigenvalue weighted by molar-refractivity contribution is 0.711. The number of hydrogen-bond acceptors (Lipinski definition) is 0. The molecule has 0 saturated carbocycles. The summed E-state index contributed by atoms with van der Waals surface area (Å²) in [5.74, 6) is 0. The molecule has 0 aromatic rings. The summed E-state index contributed by atoms with van der Waals surface area (Å²) < 4.78 is -1.61. The fraction of sp³-hybridized carbons (Fsp3) is 1.00. The van der Waals surface area contributed by atoms with Crippen molar-refractivity contribution in [3.05, 3.63) is 0 Å². The normalized spacial score (nSPS) is 13.2. The Labute approximate surface area is 99.5 Å². The van der Waals surface area contributed by atoms with E-state index in [0.29, 0.717) is 5.38 Å². The molecular weight excluding hydrogens is 261 g/mol. The topological polar surface area (TPSA) is 0 Å². The van der Waals surface area contributed by atoms with E-state index in [1.165, 1.54) is 6.42 Å². The summed E-state index contributed by atoms with van der Waals surface area (Å²) in [5, 5.41) is 0.421. The second-order valence-corrected chi connectivity index (χ2v) is 6.27. The molecule has 0 aliphatic rings. The third kappa shape index (κ3) is 30.1. The highest BCUT2D eigenvalue weighted by Gasteiger charge is 2.11. The van der Waals surface area contributed by atoms with E-state index in [0.717, 1.165) is 12.8 Å². The maximum atomic E-state index is 5.77. The summed E-state index contributed by atoms with van der Waals surface area (Å²) in [4.78, 5) is 0. The van der Waals surface area contributed by atoms with E-state index >= 15 is 0 Å². The van der Waals surface area contributed by atoms with Crippen LogP contribution in [0, 0.1) is 0 Å². The molecule has 0 heterocycles. The zero-order valence-electron chi connectivity index (χ0n) is 7.09. The summed E-state index contributed by atoms with van der Waals surface area (Å²) in [7, 11) is 0. The Kier molecular flexibility index (Phi) is 12.0. The Morgan fingerprint density at radius 3 is 1.50 bits per heavy atom. The van der Waals surface area contributed by atoms with Gasteiger partial charge in [-0.1, -0.05) is 66.7 Å². The highest BCUT2D eigenvalue weighted by molar-refractivity contribution is 6.83. The average Bonchev–Trinajstić information content (AvgIpc) is 1.85. The minimum Gasteiger partial charge on any atom is -0.123 e. The zero-order valence-corrected chi connectivity index (χ0v) is 10.9. The first-order valence-electron chi connectivity index (χ1n) is 3.70. The Morgan fingerprint density at radius 2 is 1.42 bits per heavy atom. The number of halogens is 5. The van der Waals surface area contributed by atoms with Crippen LogP contribution in [0.1, 0.15) is 33.1 Å². The molecule has 0 fully saturated rings. The van der Waals surface area contributed by atoms with Gasteiger partial charge < -0.3 is 0 Å². The smallest absolute Gasteiger partial charge is 0.123 e. The van der Waals surface area contributed by atoms with Crippen molar-refractivity contribution < 1.29 is 0 Å². The predicted molar refractivity (Wildman–Crippen MR) is 61.0 cm³/mol. The van der Waals surface area contributed by atoms with Crippen LogP contribution in [0.15, 0.2) is 0 Å². The molecule has 0 aromatic carbocycles. The molecule has 1 atom stereocenters. The first-order valence-corrected chi connectivity index (χ1v) is 5.65. The number of alkyl halides is 5. The predicted octanol–water partition coefficient (Wildman–Crippen LogP) is 5.36. The van der Waals surface area contributed by atoms with Gasteiger partial charge in [0.1, 0.15) is 0 Å². The molecule has 0 aliphatic carbocycles. The molecule has 0 aliphatic heterocycles. The van der Waals surface area contributed by atoms with Gasteiger partial charge in [0, 0.05) is 5.38 Å². The summed E-state index contributed by atoms with van der Waals surface area (Å²) in [6.07, 6.45) is 3.48. The highest BCUT2D eigenvalue weighted by atomic mass is 35.6. The standard InChI is InChI=1S/C6H13Cl.CCl4/c1-3-5-6(7)4-2;2-1(3,4)5/h6H,3-5H2,1-2H3;. The maximum Gasteiger partial charge on any atom is 0.266 e. The molecule has 0 saturated heterocycles. The average molecular weight is 274 g/mol. The molecule has 5 heteroatoms. The summed E-state index contributed by atoms with van der Waals surface area (Å²) in [5.41, 5.74) is 0. The second-order valence-electron chi connectivity index (χ2n) is 2.22. The maximum absolute atomic E-state index is 5.77. The molecule has 0 N–H and O–H groups in total. The molecule has 0 aromatic heterocycles. The van der Waals surface area contributed by atoms with Crippen LogP contribution in [0.25, 0.3) is 0 Å². The largest absolute Gasteiger partial charge is 0.266 e. The minimum absolute atomic E-state index is 0.421. The molecule has 0 amide bonds. The van der Waals surface area contributed by atoms with Gasteiger partial charge in [0.2, 0.25) is 0 Å². The van der Waals surface area contributed by atoms with E-state index in [9.17, 15) is 0 Å². The van der Waals surface area contributed by atoms with Gasteiger partial charge in [-0.3, -0.25) is 0 Å². The lowest BCUT2D eigenvalue weighted by Crippen LogP contribution is -1.92. The molecular formula is C7H13Cl5. The van der Waals surface area contributed by atoms with Gasteiger partial charge >= 0.3 is 0 Å². The fourth-order valence-electron chi connectivity index (χ4n) is 0.517. The van der Waals surface area contributed by atoms with Crippen molar-refractivity contribution in [2.45, 2.75) is 41.7 Å². The Hall–Kier alpha value is 1.45. The molecule has 0 nitrogen and oxygen atoms in total. The van der Waals surface area contributed by atoms with Crippen LogP contribution >= 0.6 is 58.0 Å². The molecule has 12 heavy (non-hydrogen) atoms. The van der Waals surface area contributed by atoms with Gasteiger partial charge in [0.25, 0.3) is 3.25 Å². The third-order valence-corrected chi connectivity index (χ3v) is 1.57. The van der Waals surface area contributed by atoms with Crippen LogP contribution < -0.4 is 0 Å². The lowest BCUT2D eigenvalue weighted by Gasteiger charge is -1.99. The molecule has 1 unspecified atom stereocenters. The van der Waals surface area contributed by atoms with Crippen molar-refractivity contribution in [3.63, 3.8) is 0 Å². The Morgan fingerprint density at radius 1 is 1.08 bits per heavy atom. The van der Waals surface area contributed by atoms with Gasteiger partial charge in [-0.2, -0.15) is 0 Å². The summed E-state index contributed by atoms with van der Waals surface area (Å²) in [6.45, 7) is 4.28. The van der Waals surface area contributed by atoms with E-state index in [1.807, 2.05) is 0 Å². The van der Waals surface area contributed by atoms with Crippen LogP contribution in [0.2, 0.25) is 0 Å². The number of rotatable bonds is 3. The molecule has 0 bridgehead atoms. The van der Waals surface area contributed by atoms with Crippen LogP contribution in [-0.2, 0) is 0 Å². The molecule has 0 rings (SSSR count). The van der Waals surface area contributed by atoms with Crippen LogP contribution in [0.3, 0.4) is 0 Å². The van der Waals surface area contributed by atoms with Gasteiger partial charge in [-0.15, -0.1) is 11.6 Å². The summed E-state index contributed by atoms with van der Waals surface area (Å²) in [6, 6.07) is 0. The van der Waals surface area contributed by atoms with Gasteiger partial charge in [-0.25, -0.2) is 0 Å². The van der Waals surface area contributed by atoms with Crippen LogP contribution in [0.5, 0.6) is 0 Å². The minimum atomic E-state index is -1.61. The van der Waals surface area contributed by atoms with E-state index in [1.54, 1.807) is 0 Å². The van der Waals surface area contributed by atoms with E-state index < -0.39 is 3.25 Å². The molecule has 0 radical (unpaired) electrons. The quantitative estimate of drug-likeness (QED) is 0.608. The van der Waals surface area contributed by atoms with E-state index in [2.05, 4.69) is 13.8 Å². The summed E-state index contributed by atoms with van der Waals surface area (Å²) >= 11 is 25.1. The fourth-order valence-corrected chi connectivity index (χ4v) is 0.736. The van der Waals surface area contributed by atoms with Crippen molar-refractivity contribution in [2.75, 3.05) is 0 Å². The van der Waals surface area contributed by atoms with Gasteiger partial charge in [0.15, 0.2) is 0 Å². The monoisotopic (exact) mass is 272 g/mol. The van der Waals surface area contributed by atoms with Crippen molar-refractivity contribution >= 4 is 58.0 Å². The lowest BCUT2D eigenvalue weighted by atomic mass is 10.2. The SMILES string of the molecule is CCCC(Cl)CC.ClC(Cl)(Cl)Cl. The molecule has 0 spiro atoms.